The van der Waals surface area contributed by atoms with Gasteiger partial charge >= 0.3 is 5.69 Å². The summed E-state index contributed by atoms with van der Waals surface area (Å²) in [6, 6.07) is 9.68. The van der Waals surface area contributed by atoms with Crippen molar-refractivity contribution in [1.29, 1.82) is 0 Å². The molecule has 25 heavy (non-hydrogen) atoms. The van der Waals surface area contributed by atoms with Gasteiger partial charge in [0, 0.05) is 11.8 Å². The Morgan fingerprint density at radius 2 is 2.04 bits per heavy atom. The van der Waals surface area contributed by atoms with Gasteiger partial charge in [-0.1, -0.05) is 18.2 Å². The van der Waals surface area contributed by atoms with Gasteiger partial charge in [-0.2, -0.15) is 4.98 Å². The summed E-state index contributed by atoms with van der Waals surface area (Å²) < 4.78 is 20.1. The summed E-state index contributed by atoms with van der Waals surface area (Å²) in [7, 11) is 0. The molecular weight excluding hydrogens is 333 g/mol. The summed E-state index contributed by atoms with van der Waals surface area (Å²) in [6.07, 6.45) is -4.74. The molecule has 0 spiro atoms. The number of aliphatic hydroxyl groups is 2. The Morgan fingerprint density at radius 3 is 2.64 bits per heavy atom. The number of anilines is 1. The summed E-state index contributed by atoms with van der Waals surface area (Å²) in [5.41, 5.74) is -0.463. The largest absolute Gasteiger partial charge is 0.394 e. The number of carbonyl (C=O) groups excluding carboxylic acids is 1. The third-order valence-corrected chi connectivity index (χ3v) is 3.86. The van der Waals surface area contributed by atoms with E-state index < -0.39 is 42.8 Å². The first-order valence-electron chi connectivity index (χ1n) is 7.55. The Hall–Kier alpha value is -2.62. The molecule has 1 aromatic heterocycles. The number of ether oxygens (including phenoxy) is 1. The first kappa shape index (κ1) is 17.2. The standard InChI is InChI=1S/C16H16FN3O5/c17-12-13(22)10(8-21)25-15(12)20-7-6-11(19-16(20)24)18-14(23)9-4-2-1-3-5-9/h1-7,10,12-13,15,21-22H,8H2,(H,18,19,23,24)/t10-,12+,13+,15-/m1/s1. The van der Waals surface area contributed by atoms with E-state index in [1.165, 1.54) is 12.3 Å². The van der Waals surface area contributed by atoms with Crippen LogP contribution >= 0.6 is 0 Å². The highest BCUT2D eigenvalue weighted by Crippen LogP contribution is 2.30. The summed E-state index contributed by atoms with van der Waals surface area (Å²) in [6.45, 7) is -0.578. The van der Waals surface area contributed by atoms with Gasteiger partial charge in [0.15, 0.2) is 12.4 Å². The highest BCUT2D eigenvalue weighted by molar-refractivity contribution is 6.03. The van der Waals surface area contributed by atoms with Crippen LogP contribution < -0.4 is 11.0 Å². The molecule has 1 fully saturated rings. The zero-order chi connectivity index (χ0) is 18.0. The SMILES string of the molecule is O=C(Nc1ccn([C@@H]2O[C@H](CO)[C@H](O)[C@@H]2F)c(=O)n1)c1ccccc1. The Kier molecular flexibility index (Phi) is 4.88. The van der Waals surface area contributed by atoms with Crippen LogP contribution in [0.2, 0.25) is 0 Å². The zero-order valence-electron chi connectivity index (χ0n) is 12.9. The van der Waals surface area contributed by atoms with Crippen molar-refractivity contribution in [2.24, 2.45) is 0 Å². The second kappa shape index (κ2) is 7.09. The van der Waals surface area contributed by atoms with Gasteiger partial charge in [0.05, 0.1) is 6.61 Å². The van der Waals surface area contributed by atoms with Crippen molar-refractivity contribution in [3.63, 3.8) is 0 Å². The number of amides is 1. The second-order valence-corrected chi connectivity index (χ2v) is 5.51. The quantitative estimate of drug-likeness (QED) is 0.721. The van der Waals surface area contributed by atoms with Crippen LogP contribution in [-0.4, -0.2) is 50.7 Å². The molecule has 1 saturated heterocycles. The van der Waals surface area contributed by atoms with Gasteiger partial charge in [-0.05, 0) is 18.2 Å². The molecule has 0 radical (unpaired) electrons. The molecule has 132 valence electrons. The lowest BCUT2D eigenvalue weighted by Gasteiger charge is -2.16. The normalized spacial score (nSPS) is 25.7. The molecule has 4 atom stereocenters. The molecule has 2 heterocycles. The Labute approximate surface area is 141 Å². The van der Waals surface area contributed by atoms with E-state index in [1.807, 2.05) is 0 Å². The fourth-order valence-corrected chi connectivity index (χ4v) is 2.53. The first-order chi connectivity index (χ1) is 12.0. The maximum atomic E-state index is 14.1. The summed E-state index contributed by atoms with van der Waals surface area (Å²) >= 11 is 0. The van der Waals surface area contributed by atoms with Crippen molar-refractivity contribution >= 4 is 11.7 Å². The zero-order valence-corrected chi connectivity index (χ0v) is 12.9. The number of aromatic nitrogens is 2. The van der Waals surface area contributed by atoms with E-state index in [9.17, 15) is 19.1 Å². The number of nitrogens with one attached hydrogen (secondary N) is 1. The van der Waals surface area contributed by atoms with Crippen LogP contribution in [0.15, 0.2) is 47.4 Å². The molecule has 3 N–H and O–H groups in total. The molecule has 3 rings (SSSR count). The van der Waals surface area contributed by atoms with E-state index in [4.69, 9.17) is 9.84 Å². The van der Waals surface area contributed by atoms with E-state index in [0.717, 1.165) is 4.57 Å². The van der Waals surface area contributed by atoms with Crippen molar-refractivity contribution in [2.75, 3.05) is 11.9 Å². The first-order valence-corrected chi connectivity index (χ1v) is 7.55. The number of nitrogens with zero attached hydrogens (tertiary/aromatic N) is 2. The van der Waals surface area contributed by atoms with Crippen LogP contribution in [0.4, 0.5) is 10.2 Å². The van der Waals surface area contributed by atoms with Gasteiger partial charge < -0.3 is 20.3 Å². The summed E-state index contributed by atoms with van der Waals surface area (Å²) in [4.78, 5) is 27.8. The van der Waals surface area contributed by atoms with Gasteiger partial charge in [0.2, 0.25) is 0 Å². The van der Waals surface area contributed by atoms with Crippen LogP contribution in [0.5, 0.6) is 0 Å². The second-order valence-electron chi connectivity index (χ2n) is 5.51. The number of alkyl halides is 1. The van der Waals surface area contributed by atoms with Crippen molar-refractivity contribution in [1.82, 2.24) is 9.55 Å². The number of halogens is 1. The van der Waals surface area contributed by atoms with Gasteiger partial charge in [0.25, 0.3) is 5.91 Å². The van der Waals surface area contributed by atoms with Crippen LogP contribution in [0.1, 0.15) is 16.6 Å². The smallest absolute Gasteiger partial charge is 0.351 e. The molecule has 9 heteroatoms. The molecule has 1 amide bonds. The molecule has 1 aliphatic rings. The monoisotopic (exact) mass is 349 g/mol. The molecule has 8 nitrogen and oxygen atoms in total. The molecule has 0 saturated carbocycles. The fourth-order valence-electron chi connectivity index (χ4n) is 2.53. The van der Waals surface area contributed by atoms with Crippen molar-refractivity contribution < 1.29 is 24.1 Å². The van der Waals surface area contributed by atoms with Crippen molar-refractivity contribution in [2.45, 2.75) is 24.6 Å². The van der Waals surface area contributed by atoms with E-state index >= 15 is 0 Å². The molecule has 1 aromatic carbocycles. The molecule has 0 bridgehead atoms. The fraction of sp³-hybridized carbons (Fsp3) is 0.312. The van der Waals surface area contributed by atoms with Gasteiger partial charge in [-0.25, -0.2) is 9.18 Å². The highest BCUT2D eigenvalue weighted by atomic mass is 19.1. The number of aliphatic hydroxyl groups excluding tert-OH is 2. The predicted molar refractivity (Wildman–Crippen MR) is 84.8 cm³/mol. The maximum absolute atomic E-state index is 14.1. The molecule has 0 aliphatic carbocycles. The third-order valence-electron chi connectivity index (χ3n) is 3.86. The number of benzene rings is 1. The lowest BCUT2D eigenvalue weighted by molar-refractivity contribution is -0.0490. The van der Waals surface area contributed by atoms with E-state index in [1.54, 1.807) is 30.3 Å². The highest BCUT2D eigenvalue weighted by Gasteiger charge is 2.45. The average molecular weight is 349 g/mol. The minimum Gasteiger partial charge on any atom is -0.394 e. The predicted octanol–water partition coefficient (Wildman–Crippen LogP) is 0.0843. The lowest BCUT2D eigenvalue weighted by Crippen LogP contribution is -2.33. The Morgan fingerprint density at radius 1 is 1.32 bits per heavy atom. The van der Waals surface area contributed by atoms with Gasteiger partial charge in [-0.15, -0.1) is 0 Å². The van der Waals surface area contributed by atoms with Gasteiger partial charge in [0.1, 0.15) is 18.0 Å². The minimum atomic E-state index is -1.89. The lowest BCUT2D eigenvalue weighted by atomic mass is 10.1. The molecule has 0 unspecified atom stereocenters. The number of hydrogen-bond donors (Lipinski definition) is 3. The minimum absolute atomic E-state index is 0.00256. The van der Waals surface area contributed by atoms with Gasteiger partial charge in [-0.3, -0.25) is 9.36 Å². The Bertz CT molecular complexity index is 813. The van der Waals surface area contributed by atoms with Crippen molar-refractivity contribution in [3.8, 4) is 0 Å². The van der Waals surface area contributed by atoms with E-state index in [2.05, 4.69) is 10.3 Å². The summed E-state index contributed by atoms with van der Waals surface area (Å²) in [5, 5.41) is 21.1. The summed E-state index contributed by atoms with van der Waals surface area (Å²) in [5.74, 6) is -0.440. The molecule has 1 aliphatic heterocycles. The van der Waals surface area contributed by atoms with Crippen LogP contribution in [0.3, 0.4) is 0 Å². The Balaban J connectivity index is 1.78. The molecule has 2 aromatic rings. The molecular formula is C16H16FN3O5. The number of hydrogen-bond acceptors (Lipinski definition) is 6. The third kappa shape index (κ3) is 3.43. The van der Waals surface area contributed by atoms with Crippen LogP contribution in [0, 0.1) is 0 Å². The number of carbonyl (C=O) groups is 1. The van der Waals surface area contributed by atoms with Crippen molar-refractivity contribution in [3.05, 3.63) is 58.6 Å². The topological polar surface area (TPSA) is 114 Å². The van der Waals surface area contributed by atoms with E-state index in [-0.39, 0.29) is 5.82 Å². The average Bonchev–Trinajstić information content (AvgIpc) is 2.91. The van der Waals surface area contributed by atoms with E-state index in [0.29, 0.717) is 5.56 Å². The van der Waals surface area contributed by atoms with Crippen LogP contribution in [-0.2, 0) is 4.74 Å². The number of rotatable bonds is 4. The van der Waals surface area contributed by atoms with Crippen LogP contribution in [0.25, 0.3) is 0 Å². The maximum Gasteiger partial charge on any atom is 0.351 e.